The van der Waals surface area contributed by atoms with Crippen LogP contribution in [0.4, 0.5) is 5.69 Å². The summed E-state index contributed by atoms with van der Waals surface area (Å²) < 4.78 is 5.85. The van der Waals surface area contributed by atoms with Gasteiger partial charge in [0.1, 0.15) is 5.75 Å². The summed E-state index contributed by atoms with van der Waals surface area (Å²) in [5, 5.41) is 5.80. The number of carbonyl (C=O) groups is 2. The molecule has 0 aliphatic heterocycles. The molecular formula is C25H27N3O3. The van der Waals surface area contributed by atoms with Gasteiger partial charge in [0.05, 0.1) is 12.2 Å². The molecule has 31 heavy (non-hydrogen) atoms. The minimum atomic E-state index is -0.240. The van der Waals surface area contributed by atoms with Crippen LogP contribution in [0.1, 0.15) is 39.9 Å². The van der Waals surface area contributed by atoms with E-state index in [1.54, 1.807) is 18.3 Å². The van der Waals surface area contributed by atoms with Gasteiger partial charge in [-0.1, -0.05) is 36.4 Å². The molecule has 0 unspecified atom stereocenters. The van der Waals surface area contributed by atoms with E-state index in [-0.39, 0.29) is 11.8 Å². The minimum Gasteiger partial charge on any atom is -0.493 e. The summed E-state index contributed by atoms with van der Waals surface area (Å²) in [5.74, 6) is 0.593. The van der Waals surface area contributed by atoms with E-state index < -0.39 is 0 Å². The maximum absolute atomic E-state index is 12.4. The molecule has 2 amide bonds. The van der Waals surface area contributed by atoms with E-state index in [1.807, 2.05) is 56.3 Å². The summed E-state index contributed by atoms with van der Waals surface area (Å²) >= 11 is 0. The van der Waals surface area contributed by atoms with Crippen molar-refractivity contribution in [2.75, 3.05) is 11.9 Å². The number of hydrogen-bond acceptors (Lipinski definition) is 4. The van der Waals surface area contributed by atoms with E-state index in [2.05, 4.69) is 15.6 Å². The Labute approximate surface area is 182 Å². The Kier molecular flexibility index (Phi) is 7.76. The molecule has 0 saturated heterocycles. The molecule has 6 nitrogen and oxygen atoms in total. The van der Waals surface area contributed by atoms with Crippen LogP contribution in [0.25, 0.3) is 0 Å². The number of benzene rings is 2. The van der Waals surface area contributed by atoms with Crippen molar-refractivity contribution in [1.29, 1.82) is 0 Å². The van der Waals surface area contributed by atoms with E-state index in [0.29, 0.717) is 37.2 Å². The molecule has 160 valence electrons. The summed E-state index contributed by atoms with van der Waals surface area (Å²) in [6.07, 6.45) is 4.13. The fourth-order valence-corrected chi connectivity index (χ4v) is 3.20. The zero-order chi connectivity index (χ0) is 22.1. The van der Waals surface area contributed by atoms with Gasteiger partial charge in [-0.15, -0.1) is 0 Å². The number of hydrogen-bond donors (Lipinski definition) is 2. The second-order valence-corrected chi connectivity index (χ2v) is 7.30. The molecule has 3 rings (SSSR count). The van der Waals surface area contributed by atoms with Crippen molar-refractivity contribution in [2.45, 2.75) is 33.2 Å². The molecule has 1 aromatic heterocycles. The Bertz CT molecular complexity index is 1010. The average Bonchev–Trinajstić information content (AvgIpc) is 2.78. The molecule has 2 aromatic carbocycles. The first-order chi connectivity index (χ1) is 15.0. The number of anilines is 1. The predicted molar refractivity (Wildman–Crippen MR) is 121 cm³/mol. The Balaban J connectivity index is 1.46. The molecule has 0 spiro atoms. The monoisotopic (exact) mass is 417 g/mol. The van der Waals surface area contributed by atoms with Gasteiger partial charge >= 0.3 is 0 Å². The van der Waals surface area contributed by atoms with Crippen LogP contribution in [0.2, 0.25) is 0 Å². The summed E-state index contributed by atoms with van der Waals surface area (Å²) in [7, 11) is 0. The molecule has 0 bridgehead atoms. The SMILES string of the molecule is Cc1cccc(C)c1OCCCC(=O)NCc1ccccc1NC(=O)c1cccnc1. The molecule has 3 aromatic rings. The molecule has 0 atom stereocenters. The van der Waals surface area contributed by atoms with Crippen molar-refractivity contribution in [2.24, 2.45) is 0 Å². The van der Waals surface area contributed by atoms with E-state index in [4.69, 9.17) is 4.74 Å². The van der Waals surface area contributed by atoms with Gasteiger partial charge in [-0.25, -0.2) is 0 Å². The number of nitrogens with zero attached hydrogens (tertiary/aromatic N) is 1. The van der Waals surface area contributed by atoms with E-state index in [0.717, 1.165) is 22.4 Å². The highest BCUT2D eigenvalue weighted by atomic mass is 16.5. The van der Waals surface area contributed by atoms with Crippen molar-refractivity contribution in [3.8, 4) is 5.75 Å². The summed E-state index contributed by atoms with van der Waals surface area (Å²) in [6, 6.07) is 16.9. The van der Waals surface area contributed by atoms with Gasteiger partial charge < -0.3 is 15.4 Å². The molecule has 1 heterocycles. The summed E-state index contributed by atoms with van der Waals surface area (Å²) in [6.45, 7) is 4.84. The number of pyridine rings is 1. The first-order valence-electron chi connectivity index (χ1n) is 10.3. The van der Waals surface area contributed by atoms with Crippen LogP contribution in [-0.2, 0) is 11.3 Å². The van der Waals surface area contributed by atoms with Crippen LogP contribution in [0, 0.1) is 13.8 Å². The fraction of sp³-hybridized carbons (Fsp3) is 0.240. The van der Waals surface area contributed by atoms with Gasteiger partial charge in [0, 0.05) is 31.0 Å². The normalized spacial score (nSPS) is 10.4. The zero-order valence-corrected chi connectivity index (χ0v) is 17.9. The maximum Gasteiger partial charge on any atom is 0.257 e. The standard InChI is InChI=1S/C25H27N3O3/c1-18-8-5-9-19(2)24(18)31-15-7-13-23(29)27-17-20-10-3-4-12-22(20)28-25(30)21-11-6-14-26-16-21/h3-6,8-12,14,16H,7,13,15,17H2,1-2H3,(H,27,29)(H,28,30). The topological polar surface area (TPSA) is 80.3 Å². The van der Waals surface area contributed by atoms with Crippen molar-refractivity contribution in [3.05, 3.63) is 89.2 Å². The Morgan fingerprint density at radius 3 is 2.48 bits per heavy atom. The lowest BCUT2D eigenvalue weighted by Crippen LogP contribution is -2.24. The second kappa shape index (κ2) is 10.9. The maximum atomic E-state index is 12.4. The quantitative estimate of drug-likeness (QED) is 0.505. The lowest BCUT2D eigenvalue weighted by Gasteiger charge is -2.13. The highest BCUT2D eigenvalue weighted by Crippen LogP contribution is 2.22. The van der Waals surface area contributed by atoms with Crippen molar-refractivity contribution >= 4 is 17.5 Å². The summed E-state index contributed by atoms with van der Waals surface area (Å²) in [5.41, 5.74) is 4.16. The largest absolute Gasteiger partial charge is 0.493 e. The second-order valence-electron chi connectivity index (χ2n) is 7.30. The number of para-hydroxylation sites is 2. The Morgan fingerprint density at radius 1 is 0.968 bits per heavy atom. The number of ether oxygens (including phenoxy) is 1. The number of nitrogens with one attached hydrogen (secondary N) is 2. The van der Waals surface area contributed by atoms with E-state index in [9.17, 15) is 9.59 Å². The highest BCUT2D eigenvalue weighted by Gasteiger charge is 2.10. The van der Waals surface area contributed by atoms with Crippen LogP contribution in [0.5, 0.6) is 5.75 Å². The third-order valence-corrected chi connectivity index (χ3v) is 4.87. The number of rotatable bonds is 9. The van der Waals surface area contributed by atoms with Gasteiger partial charge in [0.25, 0.3) is 5.91 Å². The molecule has 0 fully saturated rings. The minimum absolute atomic E-state index is 0.0569. The van der Waals surface area contributed by atoms with Gasteiger partial charge in [-0.3, -0.25) is 14.6 Å². The number of aryl methyl sites for hydroxylation is 2. The van der Waals surface area contributed by atoms with Gasteiger partial charge in [-0.2, -0.15) is 0 Å². The van der Waals surface area contributed by atoms with Crippen LogP contribution in [0.15, 0.2) is 67.0 Å². The van der Waals surface area contributed by atoms with Crippen molar-refractivity contribution < 1.29 is 14.3 Å². The smallest absolute Gasteiger partial charge is 0.257 e. The number of aromatic nitrogens is 1. The van der Waals surface area contributed by atoms with Gasteiger partial charge in [0.15, 0.2) is 0 Å². The number of carbonyl (C=O) groups excluding carboxylic acids is 2. The fourth-order valence-electron chi connectivity index (χ4n) is 3.20. The average molecular weight is 418 g/mol. The van der Waals surface area contributed by atoms with Gasteiger partial charge in [-0.05, 0) is 55.2 Å². The molecular weight excluding hydrogens is 390 g/mol. The van der Waals surface area contributed by atoms with Crippen molar-refractivity contribution in [3.63, 3.8) is 0 Å². The van der Waals surface area contributed by atoms with Crippen LogP contribution < -0.4 is 15.4 Å². The molecule has 0 aliphatic carbocycles. The molecule has 0 saturated carbocycles. The molecule has 6 heteroatoms. The third-order valence-electron chi connectivity index (χ3n) is 4.87. The Morgan fingerprint density at radius 2 is 1.74 bits per heavy atom. The van der Waals surface area contributed by atoms with Crippen molar-refractivity contribution in [1.82, 2.24) is 10.3 Å². The van der Waals surface area contributed by atoms with E-state index >= 15 is 0 Å². The first kappa shape index (κ1) is 22.0. The lowest BCUT2D eigenvalue weighted by atomic mass is 10.1. The van der Waals surface area contributed by atoms with Crippen LogP contribution in [-0.4, -0.2) is 23.4 Å². The summed E-state index contributed by atoms with van der Waals surface area (Å²) in [4.78, 5) is 28.6. The van der Waals surface area contributed by atoms with Gasteiger partial charge in [0.2, 0.25) is 5.91 Å². The zero-order valence-electron chi connectivity index (χ0n) is 17.9. The van der Waals surface area contributed by atoms with Crippen LogP contribution >= 0.6 is 0 Å². The molecule has 0 aliphatic rings. The highest BCUT2D eigenvalue weighted by molar-refractivity contribution is 6.04. The third kappa shape index (κ3) is 6.40. The Hall–Kier alpha value is -3.67. The number of amides is 2. The first-order valence-corrected chi connectivity index (χ1v) is 10.3. The van der Waals surface area contributed by atoms with Crippen LogP contribution in [0.3, 0.4) is 0 Å². The predicted octanol–water partition coefficient (Wildman–Crippen LogP) is 4.43. The molecule has 0 radical (unpaired) electrons. The van der Waals surface area contributed by atoms with E-state index in [1.165, 1.54) is 6.20 Å². The molecule has 2 N–H and O–H groups in total. The lowest BCUT2D eigenvalue weighted by molar-refractivity contribution is -0.121.